The van der Waals surface area contributed by atoms with Gasteiger partial charge in [-0.2, -0.15) is 0 Å². The van der Waals surface area contributed by atoms with Gasteiger partial charge in [0.15, 0.2) is 0 Å². The van der Waals surface area contributed by atoms with Crippen molar-refractivity contribution < 1.29 is 23.4 Å². The molecule has 2 atom stereocenters. The molecule has 0 spiro atoms. The predicted octanol–water partition coefficient (Wildman–Crippen LogP) is 2.88. The molecule has 0 bridgehead atoms. The Balaban J connectivity index is 1.89. The second-order valence-electron chi connectivity index (χ2n) is 9.13. The first-order chi connectivity index (χ1) is 15.6. The Bertz CT molecular complexity index is 1020. The molecule has 1 fully saturated rings. The molecule has 1 heterocycles. The SMILES string of the molecule is Cc1ccc(N(CC(C)C)S(=O)(=O)c2ccc(C(O)C(CO)N3CCOCC3)cc2)c(C)c1. The molecule has 2 aromatic rings. The lowest BCUT2D eigenvalue weighted by molar-refractivity contribution is -0.0397. The molecule has 3 rings (SSSR count). The second kappa shape index (κ2) is 11.0. The molecule has 0 saturated carbocycles. The number of anilines is 1. The summed E-state index contributed by atoms with van der Waals surface area (Å²) < 4.78 is 34.1. The number of benzene rings is 2. The quantitative estimate of drug-likeness (QED) is 0.578. The molecule has 1 aliphatic heterocycles. The van der Waals surface area contributed by atoms with Gasteiger partial charge in [-0.1, -0.05) is 43.7 Å². The number of aliphatic hydroxyl groups is 2. The number of aliphatic hydroxyl groups excluding tert-OH is 2. The van der Waals surface area contributed by atoms with Gasteiger partial charge in [0.05, 0.1) is 42.5 Å². The molecular formula is C25H36N2O5S. The van der Waals surface area contributed by atoms with E-state index >= 15 is 0 Å². The minimum absolute atomic E-state index is 0.139. The van der Waals surface area contributed by atoms with Crippen LogP contribution in [0.25, 0.3) is 0 Å². The maximum Gasteiger partial charge on any atom is 0.264 e. The highest BCUT2D eigenvalue weighted by atomic mass is 32.2. The second-order valence-corrected chi connectivity index (χ2v) is 11.0. The van der Waals surface area contributed by atoms with Gasteiger partial charge in [-0.3, -0.25) is 9.21 Å². The summed E-state index contributed by atoms with van der Waals surface area (Å²) in [5, 5.41) is 20.8. The van der Waals surface area contributed by atoms with Gasteiger partial charge in [0.25, 0.3) is 10.0 Å². The maximum absolute atomic E-state index is 13.6. The molecule has 0 amide bonds. The van der Waals surface area contributed by atoms with Crippen LogP contribution in [0.2, 0.25) is 0 Å². The van der Waals surface area contributed by atoms with E-state index in [2.05, 4.69) is 0 Å². The average molecular weight is 477 g/mol. The topological polar surface area (TPSA) is 90.3 Å². The summed E-state index contributed by atoms with van der Waals surface area (Å²) >= 11 is 0. The van der Waals surface area contributed by atoms with Gasteiger partial charge in [0.1, 0.15) is 0 Å². The van der Waals surface area contributed by atoms with Crippen molar-refractivity contribution in [3.8, 4) is 0 Å². The first kappa shape index (κ1) is 25.6. The van der Waals surface area contributed by atoms with E-state index in [-0.39, 0.29) is 17.4 Å². The number of rotatable bonds is 9. The van der Waals surface area contributed by atoms with E-state index in [0.29, 0.717) is 44.1 Å². The number of aryl methyl sites for hydroxylation is 2. The van der Waals surface area contributed by atoms with E-state index in [0.717, 1.165) is 11.1 Å². The van der Waals surface area contributed by atoms with Gasteiger partial charge in [0.2, 0.25) is 0 Å². The van der Waals surface area contributed by atoms with Crippen LogP contribution in [0.3, 0.4) is 0 Å². The number of nitrogens with zero attached hydrogens (tertiary/aromatic N) is 2. The summed E-state index contributed by atoms with van der Waals surface area (Å²) in [4.78, 5) is 2.18. The number of morpholine rings is 1. The maximum atomic E-state index is 13.6. The van der Waals surface area contributed by atoms with Gasteiger partial charge in [0, 0.05) is 19.6 Å². The van der Waals surface area contributed by atoms with Crippen molar-refractivity contribution in [2.24, 2.45) is 5.92 Å². The van der Waals surface area contributed by atoms with Crippen molar-refractivity contribution in [2.75, 3.05) is 43.8 Å². The molecule has 1 aliphatic rings. The lowest BCUT2D eigenvalue weighted by Crippen LogP contribution is -2.48. The van der Waals surface area contributed by atoms with Crippen LogP contribution in [0.5, 0.6) is 0 Å². The molecule has 8 heteroatoms. The van der Waals surface area contributed by atoms with E-state index in [1.54, 1.807) is 24.3 Å². The van der Waals surface area contributed by atoms with E-state index in [1.165, 1.54) is 4.31 Å². The zero-order chi connectivity index (χ0) is 24.2. The molecule has 2 unspecified atom stereocenters. The largest absolute Gasteiger partial charge is 0.395 e. The molecule has 2 aromatic carbocycles. The van der Waals surface area contributed by atoms with Crippen LogP contribution in [-0.4, -0.2) is 69.0 Å². The zero-order valence-corrected chi connectivity index (χ0v) is 20.8. The third kappa shape index (κ3) is 5.94. The summed E-state index contributed by atoms with van der Waals surface area (Å²) in [6.45, 7) is 10.4. The third-order valence-corrected chi connectivity index (χ3v) is 7.82. The number of hydrogen-bond acceptors (Lipinski definition) is 6. The van der Waals surface area contributed by atoms with E-state index < -0.39 is 22.2 Å². The fraction of sp³-hybridized carbons (Fsp3) is 0.520. The monoisotopic (exact) mass is 476 g/mol. The fourth-order valence-corrected chi connectivity index (χ4v) is 5.95. The molecule has 1 saturated heterocycles. The molecule has 182 valence electrons. The van der Waals surface area contributed by atoms with Crippen LogP contribution in [0.1, 0.15) is 36.6 Å². The smallest absolute Gasteiger partial charge is 0.264 e. The van der Waals surface area contributed by atoms with Gasteiger partial charge in [-0.25, -0.2) is 8.42 Å². The standard InChI is InChI=1S/C25H36N2O5S/c1-18(2)16-27(23-10-5-19(3)15-20(23)4)33(30,31)22-8-6-21(7-9-22)25(29)24(17-28)26-11-13-32-14-12-26/h5-10,15,18,24-25,28-29H,11-14,16-17H2,1-4H3. The molecule has 0 radical (unpaired) electrons. The Hall–Kier alpha value is -1.97. The highest BCUT2D eigenvalue weighted by Crippen LogP contribution is 2.30. The number of ether oxygens (including phenoxy) is 1. The van der Waals surface area contributed by atoms with E-state index in [1.807, 2.05) is 50.8 Å². The van der Waals surface area contributed by atoms with Crippen LogP contribution in [0, 0.1) is 19.8 Å². The lowest BCUT2D eigenvalue weighted by atomic mass is 10.0. The summed E-state index contributed by atoms with van der Waals surface area (Å²) in [7, 11) is -3.80. The Morgan fingerprint density at radius 1 is 1.06 bits per heavy atom. The first-order valence-corrected chi connectivity index (χ1v) is 12.9. The Morgan fingerprint density at radius 2 is 1.70 bits per heavy atom. The zero-order valence-electron chi connectivity index (χ0n) is 19.9. The van der Waals surface area contributed by atoms with Gasteiger partial charge < -0.3 is 14.9 Å². The average Bonchev–Trinajstić information content (AvgIpc) is 2.79. The molecule has 33 heavy (non-hydrogen) atoms. The lowest BCUT2D eigenvalue weighted by Gasteiger charge is -2.36. The Morgan fingerprint density at radius 3 is 2.24 bits per heavy atom. The van der Waals surface area contributed by atoms with Crippen molar-refractivity contribution >= 4 is 15.7 Å². The summed E-state index contributed by atoms with van der Waals surface area (Å²) in [6.07, 6.45) is -0.934. The highest BCUT2D eigenvalue weighted by Gasteiger charge is 2.30. The van der Waals surface area contributed by atoms with Crippen LogP contribution >= 0.6 is 0 Å². The van der Waals surface area contributed by atoms with Crippen molar-refractivity contribution in [2.45, 2.75) is 44.7 Å². The van der Waals surface area contributed by atoms with Crippen molar-refractivity contribution in [1.29, 1.82) is 0 Å². The Labute approximate surface area is 197 Å². The number of sulfonamides is 1. The van der Waals surface area contributed by atoms with Gasteiger partial charge in [-0.15, -0.1) is 0 Å². The highest BCUT2D eigenvalue weighted by molar-refractivity contribution is 7.92. The first-order valence-electron chi connectivity index (χ1n) is 11.5. The van der Waals surface area contributed by atoms with Crippen molar-refractivity contribution in [3.63, 3.8) is 0 Å². The molecule has 7 nitrogen and oxygen atoms in total. The van der Waals surface area contributed by atoms with Crippen LogP contribution < -0.4 is 4.31 Å². The van der Waals surface area contributed by atoms with Crippen LogP contribution in [0.4, 0.5) is 5.69 Å². The minimum Gasteiger partial charge on any atom is -0.395 e. The minimum atomic E-state index is -3.80. The molecule has 2 N–H and O–H groups in total. The molecule has 0 aromatic heterocycles. The van der Waals surface area contributed by atoms with E-state index in [9.17, 15) is 18.6 Å². The van der Waals surface area contributed by atoms with Gasteiger partial charge >= 0.3 is 0 Å². The summed E-state index contributed by atoms with van der Waals surface area (Å²) in [5.74, 6) is 0.139. The van der Waals surface area contributed by atoms with Crippen molar-refractivity contribution in [3.05, 3.63) is 59.2 Å². The van der Waals surface area contributed by atoms with Crippen molar-refractivity contribution in [1.82, 2.24) is 4.90 Å². The van der Waals surface area contributed by atoms with Crippen LogP contribution in [0.15, 0.2) is 47.4 Å². The summed E-state index contributed by atoms with van der Waals surface area (Å²) in [6, 6.07) is 11.6. The van der Waals surface area contributed by atoms with E-state index in [4.69, 9.17) is 4.74 Å². The van der Waals surface area contributed by atoms with Crippen LogP contribution in [-0.2, 0) is 14.8 Å². The third-order valence-electron chi connectivity index (χ3n) is 6.03. The Kier molecular flexibility index (Phi) is 8.53. The van der Waals surface area contributed by atoms with Gasteiger partial charge in [-0.05, 0) is 49.1 Å². The predicted molar refractivity (Wildman–Crippen MR) is 130 cm³/mol. The normalized spacial score (nSPS) is 17.2. The summed E-state index contributed by atoms with van der Waals surface area (Å²) in [5.41, 5.74) is 3.23. The molecule has 0 aliphatic carbocycles. The fourth-order valence-electron chi connectivity index (χ4n) is 4.25. The number of hydrogen-bond donors (Lipinski definition) is 2. The molecular weight excluding hydrogens is 440 g/mol.